The van der Waals surface area contributed by atoms with E-state index in [1.165, 1.54) is 6.07 Å². The van der Waals surface area contributed by atoms with Crippen molar-refractivity contribution in [3.05, 3.63) is 167 Å². The first-order chi connectivity index (χ1) is 20.4. The summed E-state index contributed by atoms with van der Waals surface area (Å²) in [5, 5.41) is 0. The van der Waals surface area contributed by atoms with Gasteiger partial charge in [-0.3, -0.25) is 9.97 Å². The second kappa shape index (κ2) is 11.0. The van der Waals surface area contributed by atoms with Crippen molar-refractivity contribution in [3.63, 3.8) is 0 Å². The summed E-state index contributed by atoms with van der Waals surface area (Å²) < 4.78 is 57.3. The van der Waals surface area contributed by atoms with Gasteiger partial charge in [0, 0.05) is 0 Å². The number of nitrogens with zero attached hydrogens (tertiary/aromatic N) is 4. The maximum Gasteiger partial charge on any atom is 0.225 e. The monoisotopic (exact) mass is 562 g/mol. The van der Waals surface area contributed by atoms with Gasteiger partial charge >= 0.3 is 0 Å². The number of aromatic nitrogens is 4. The molecule has 0 spiro atoms. The number of rotatable bonds is 6. The predicted molar refractivity (Wildman–Crippen MR) is 151 cm³/mol. The summed E-state index contributed by atoms with van der Waals surface area (Å²) in [5.41, 5.74) is 2.34. The summed E-state index contributed by atoms with van der Waals surface area (Å²) >= 11 is 0. The normalized spacial score (nSPS) is 11.5. The van der Waals surface area contributed by atoms with Crippen molar-refractivity contribution in [1.29, 1.82) is 0 Å². The highest BCUT2D eigenvalue weighted by Crippen LogP contribution is 2.44. The van der Waals surface area contributed by atoms with Crippen LogP contribution in [0, 0.1) is 30.7 Å². The SMILES string of the molecule is Cc1cc(F)nc(F)c1-c1cccc(C(c2ccccc2)(c2ccccc2)c2cccc(-c3ccc(F)nc3F)n2)n1. The molecular weight excluding hydrogens is 540 g/mol. The molecule has 0 aliphatic rings. The Balaban J connectivity index is 1.68. The van der Waals surface area contributed by atoms with Gasteiger partial charge in [0.2, 0.25) is 23.8 Å². The molecule has 2 aromatic carbocycles. The second-order valence-corrected chi connectivity index (χ2v) is 9.70. The summed E-state index contributed by atoms with van der Waals surface area (Å²) in [6.07, 6.45) is 0. The van der Waals surface area contributed by atoms with Crippen LogP contribution in [0.1, 0.15) is 28.1 Å². The van der Waals surface area contributed by atoms with Gasteiger partial charge in [0.05, 0.1) is 33.9 Å². The molecule has 4 nitrogen and oxygen atoms in total. The van der Waals surface area contributed by atoms with E-state index in [1.807, 2.05) is 66.7 Å². The van der Waals surface area contributed by atoms with Crippen molar-refractivity contribution >= 4 is 0 Å². The van der Waals surface area contributed by atoms with Gasteiger partial charge in [-0.25, -0.2) is 0 Å². The van der Waals surface area contributed by atoms with Crippen LogP contribution in [0.4, 0.5) is 17.6 Å². The highest BCUT2D eigenvalue weighted by atomic mass is 19.1. The molecule has 0 aliphatic carbocycles. The average molecular weight is 563 g/mol. The molecule has 6 rings (SSSR count). The molecule has 0 N–H and O–H groups in total. The van der Waals surface area contributed by atoms with Crippen molar-refractivity contribution < 1.29 is 17.6 Å². The lowest BCUT2D eigenvalue weighted by Gasteiger charge is -2.35. The molecule has 4 heterocycles. The number of pyridine rings is 4. The maximum absolute atomic E-state index is 15.0. The van der Waals surface area contributed by atoms with Crippen molar-refractivity contribution in [3.8, 4) is 22.5 Å². The van der Waals surface area contributed by atoms with E-state index < -0.39 is 29.2 Å². The number of hydrogen-bond acceptors (Lipinski definition) is 4. The van der Waals surface area contributed by atoms with Gasteiger partial charge in [-0.1, -0.05) is 72.8 Å². The number of hydrogen-bond donors (Lipinski definition) is 0. The summed E-state index contributed by atoms with van der Waals surface area (Å²) in [4.78, 5) is 16.6. The first-order valence-electron chi connectivity index (χ1n) is 13.1. The number of benzene rings is 2. The third-order valence-corrected chi connectivity index (χ3v) is 7.17. The third-order valence-electron chi connectivity index (χ3n) is 7.17. The Labute approximate surface area is 239 Å². The molecular formula is C34H22F4N4. The van der Waals surface area contributed by atoms with Crippen LogP contribution in [0.3, 0.4) is 0 Å². The van der Waals surface area contributed by atoms with Crippen LogP contribution in [-0.2, 0) is 5.41 Å². The molecule has 0 fully saturated rings. The van der Waals surface area contributed by atoms with Gasteiger partial charge in [-0.2, -0.15) is 27.5 Å². The molecule has 0 bridgehead atoms. The van der Waals surface area contributed by atoms with Crippen molar-refractivity contribution in [2.75, 3.05) is 0 Å². The fraction of sp³-hybridized carbons (Fsp3) is 0.0588. The van der Waals surface area contributed by atoms with Gasteiger partial charge in [-0.05, 0) is 66.1 Å². The van der Waals surface area contributed by atoms with Gasteiger partial charge < -0.3 is 0 Å². The Morgan fingerprint density at radius 1 is 0.500 bits per heavy atom. The lowest BCUT2D eigenvalue weighted by atomic mass is 9.69. The van der Waals surface area contributed by atoms with Crippen molar-refractivity contribution in [2.45, 2.75) is 12.3 Å². The number of halogens is 4. The molecule has 0 aliphatic heterocycles. The minimum Gasteiger partial charge on any atom is -0.251 e. The molecule has 0 atom stereocenters. The molecule has 42 heavy (non-hydrogen) atoms. The fourth-order valence-corrected chi connectivity index (χ4v) is 5.35. The van der Waals surface area contributed by atoms with Gasteiger partial charge in [0.1, 0.15) is 5.41 Å². The van der Waals surface area contributed by atoms with E-state index in [2.05, 4.69) is 9.97 Å². The predicted octanol–water partition coefficient (Wildman–Crippen LogP) is 7.85. The van der Waals surface area contributed by atoms with E-state index in [9.17, 15) is 13.2 Å². The highest BCUT2D eigenvalue weighted by Gasteiger charge is 2.41. The van der Waals surface area contributed by atoms with Crippen LogP contribution in [0.2, 0.25) is 0 Å². The largest absolute Gasteiger partial charge is 0.251 e. The molecule has 0 amide bonds. The quantitative estimate of drug-likeness (QED) is 0.153. The summed E-state index contributed by atoms with van der Waals surface area (Å²) in [7, 11) is 0. The Hall–Kier alpha value is -5.24. The zero-order valence-electron chi connectivity index (χ0n) is 22.3. The molecule has 206 valence electrons. The maximum atomic E-state index is 15.0. The highest BCUT2D eigenvalue weighted by molar-refractivity contribution is 5.66. The molecule has 4 aromatic heterocycles. The van der Waals surface area contributed by atoms with Crippen LogP contribution in [0.5, 0.6) is 0 Å². The minimum absolute atomic E-state index is 0.0325. The van der Waals surface area contributed by atoms with Crippen LogP contribution >= 0.6 is 0 Å². The summed E-state index contributed by atoms with van der Waals surface area (Å²) in [6.45, 7) is 1.59. The third kappa shape index (κ3) is 4.71. The Morgan fingerprint density at radius 2 is 1.05 bits per heavy atom. The van der Waals surface area contributed by atoms with Crippen LogP contribution in [0.25, 0.3) is 22.5 Å². The Morgan fingerprint density at radius 3 is 1.62 bits per heavy atom. The zero-order chi connectivity index (χ0) is 29.3. The lowest BCUT2D eigenvalue weighted by Crippen LogP contribution is -2.33. The van der Waals surface area contributed by atoms with Crippen LogP contribution in [0.15, 0.2) is 115 Å². The van der Waals surface area contributed by atoms with Gasteiger partial charge in [0.25, 0.3) is 0 Å². The van der Waals surface area contributed by atoms with Gasteiger partial charge in [-0.15, -0.1) is 0 Å². The molecule has 6 aromatic rings. The fourth-order valence-electron chi connectivity index (χ4n) is 5.35. The molecule has 0 saturated carbocycles. The van der Waals surface area contributed by atoms with E-state index in [4.69, 9.17) is 9.97 Å². The minimum atomic E-state index is -1.17. The Kier molecular flexibility index (Phi) is 7.04. The van der Waals surface area contributed by atoms with E-state index >= 15 is 4.39 Å². The smallest absolute Gasteiger partial charge is 0.225 e. The molecule has 0 saturated heterocycles. The topological polar surface area (TPSA) is 51.6 Å². The van der Waals surface area contributed by atoms with E-state index in [-0.39, 0.29) is 22.5 Å². The van der Waals surface area contributed by atoms with E-state index in [1.54, 1.807) is 37.3 Å². The summed E-state index contributed by atoms with van der Waals surface area (Å²) in [5.74, 6) is -3.81. The second-order valence-electron chi connectivity index (χ2n) is 9.70. The molecule has 8 heteroatoms. The van der Waals surface area contributed by atoms with Crippen LogP contribution < -0.4 is 0 Å². The standard InChI is InChI=1S/C34H22F4N4/c1-21-20-30(36)42-33(38)31(21)26-15-9-17-28(40-26)34(22-10-4-2-5-11-22,23-12-6-3-7-13-23)27-16-8-14-25(39-27)24-18-19-29(35)41-32(24)37/h2-20H,1H3. The lowest BCUT2D eigenvalue weighted by molar-refractivity contribution is 0.513. The van der Waals surface area contributed by atoms with Gasteiger partial charge in [0.15, 0.2) is 0 Å². The van der Waals surface area contributed by atoms with Crippen molar-refractivity contribution in [1.82, 2.24) is 19.9 Å². The zero-order valence-corrected chi connectivity index (χ0v) is 22.3. The number of aryl methyl sites for hydroxylation is 1. The van der Waals surface area contributed by atoms with E-state index in [0.717, 1.165) is 23.3 Å². The average Bonchev–Trinajstić information content (AvgIpc) is 2.99. The molecule has 0 unspecified atom stereocenters. The van der Waals surface area contributed by atoms with Crippen LogP contribution in [-0.4, -0.2) is 19.9 Å². The first kappa shape index (κ1) is 27.0. The van der Waals surface area contributed by atoms with Crippen molar-refractivity contribution in [2.24, 2.45) is 0 Å². The van der Waals surface area contributed by atoms with E-state index in [0.29, 0.717) is 17.0 Å². The molecule has 0 radical (unpaired) electrons. The first-order valence-corrected chi connectivity index (χ1v) is 13.1. The summed E-state index contributed by atoms with van der Waals surface area (Å²) in [6, 6.07) is 32.9. The Bertz CT molecular complexity index is 1830.